The lowest BCUT2D eigenvalue weighted by Crippen LogP contribution is -2.57. The zero-order chi connectivity index (χ0) is 14.9. The fourth-order valence-corrected chi connectivity index (χ4v) is 2.08. The van der Waals surface area contributed by atoms with Crippen LogP contribution >= 0.6 is 27.5 Å². The number of amides is 1. The average Bonchev–Trinajstić information content (AvgIpc) is 2.25. The molecule has 0 aromatic carbocycles. The lowest BCUT2D eigenvalue weighted by Gasteiger charge is -2.39. The van der Waals surface area contributed by atoms with Crippen LogP contribution in [0.5, 0.6) is 5.75 Å². The molecule has 0 bridgehead atoms. The van der Waals surface area contributed by atoms with Crippen molar-refractivity contribution in [2.24, 2.45) is 0 Å². The molecule has 1 aromatic rings. The summed E-state index contributed by atoms with van der Waals surface area (Å²) in [5.74, 6) is 0.620. The van der Waals surface area contributed by atoms with Gasteiger partial charge in [-0.3, -0.25) is 0 Å². The highest BCUT2D eigenvalue weighted by Crippen LogP contribution is 2.26. The molecule has 1 aromatic heterocycles. The number of carbonyl (C=O) groups is 1. The standard InChI is InChI=1S/C13H16BrClN2O3/c1-13(2,3)20-12(18)17-6-9(7-17)19-8-4-10(14)11(15)16-5-8/h4-5,9H,6-7H2,1-3H3. The van der Waals surface area contributed by atoms with E-state index in [1.165, 1.54) is 0 Å². The van der Waals surface area contributed by atoms with Crippen molar-refractivity contribution in [1.29, 1.82) is 0 Å². The maximum absolute atomic E-state index is 11.7. The molecular weight excluding hydrogens is 348 g/mol. The van der Waals surface area contributed by atoms with Gasteiger partial charge in [0.1, 0.15) is 22.6 Å². The molecule has 0 spiro atoms. The molecule has 0 atom stereocenters. The number of hydrogen-bond donors (Lipinski definition) is 0. The van der Waals surface area contributed by atoms with Gasteiger partial charge in [-0.15, -0.1) is 0 Å². The molecule has 7 heteroatoms. The van der Waals surface area contributed by atoms with Crippen molar-refractivity contribution >= 4 is 33.6 Å². The van der Waals surface area contributed by atoms with Gasteiger partial charge in [0.2, 0.25) is 0 Å². The molecule has 2 rings (SSSR count). The minimum atomic E-state index is -0.478. The van der Waals surface area contributed by atoms with Gasteiger partial charge in [-0.1, -0.05) is 11.6 Å². The van der Waals surface area contributed by atoms with E-state index in [1.807, 2.05) is 20.8 Å². The Morgan fingerprint density at radius 1 is 1.50 bits per heavy atom. The Morgan fingerprint density at radius 3 is 2.70 bits per heavy atom. The first-order valence-corrected chi connectivity index (χ1v) is 7.37. The highest BCUT2D eigenvalue weighted by Gasteiger charge is 2.35. The van der Waals surface area contributed by atoms with Crippen molar-refractivity contribution < 1.29 is 14.3 Å². The minimum Gasteiger partial charge on any atom is -0.485 e. The van der Waals surface area contributed by atoms with Crippen LogP contribution in [0, 0.1) is 0 Å². The van der Waals surface area contributed by atoms with Crippen LogP contribution in [0.15, 0.2) is 16.7 Å². The Hall–Kier alpha value is -1.01. The van der Waals surface area contributed by atoms with Gasteiger partial charge < -0.3 is 14.4 Å². The number of rotatable bonds is 2. The predicted octanol–water partition coefficient (Wildman–Crippen LogP) is 3.50. The van der Waals surface area contributed by atoms with Gasteiger partial charge in [0, 0.05) is 0 Å². The van der Waals surface area contributed by atoms with Gasteiger partial charge in [0.15, 0.2) is 0 Å². The fraction of sp³-hybridized carbons (Fsp3) is 0.538. The van der Waals surface area contributed by atoms with Crippen LogP contribution in [0.3, 0.4) is 0 Å². The molecule has 1 saturated heterocycles. The van der Waals surface area contributed by atoms with Crippen molar-refractivity contribution in [1.82, 2.24) is 9.88 Å². The molecule has 1 amide bonds. The monoisotopic (exact) mass is 362 g/mol. The van der Waals surface area contributed by atoms with Crippen molar-refractivity contribution in [3.8, 4) is 5.75 Å². The van der Waals surface area contributed by atoms with Crippen molar-refractivity contribution in [3.05, 3.63) is 21.9 Å². The Kier molecular flexibility index (Phi) is 4.44. The highest BCUT2D eigenvalue weighted by atomic mass is 79.9. The number of nitrogens with zero attached hydrogens (tertiary/aromatic N) is 2. The van der Waals surface area contributed by atoms with Crippen LogP contribution in [0.1, 0.15) is 20.8 Å². The molecule has 0 aliphatic carbocycles. The largest absolute Gasteiger partial charge is 0.485 e. The van der Waals surface area contributed by atoms with Gasteiger partial charge in [0.05, 0.1) is 23.8 Å². The van der Waals surface area contributed by atoms with Gasteiger partial charge in [-0.2, -0.15) is 0 Å². The minimum absolute atomic E-state index is 0.0441. The summed E-state index contributed by atoms with van der Waals surface area (Å²) >= 11 is 9.09. The number of aromatic nitrogens is 1. The fourth-order valence-electron chi connectivity index (χ4n) is 1.65. The Morgan fingerprint density at radius 2 is 2.15 bits per heavy atom. The molecule has 1 fully saturated rings. The molecular formula is C13H16BrClN2O3. The third-order valence-corrected chi connectivity index (χ3v) is 3.71. The van der Waals surface area contributed by atoms with Crippen LogP contribution < -0.4 is 4.74 Å². The quantitative estimate of drug-likeness (QED) is 0.755. The van der Waals surface area contributed by atoms with E-state index in [0.717, 1.165) is 0 Å². The zero-order valence-electron chi connectivity index (χ0n) is 11.5. The summed E-state index contributed by atoms with van der Waals surface area (Å²) in [5, 5.41) is 0.390. The van der Waals surface area contributed by atoms with Crippen LogP contribution in [-0.4, -0.2) is 40.8 Å². The Balaban J connectivity index is 1.82. The molecule has 20 heavy (non-hydrogen) atoms. The van der Waals surface area contributed by atoms with E-state index in [2.05, 4.69) is 20.9 Å². The summed E-state index contributed by atoms with van der Waals surface area (Å²) in [5.41, 5.74) is -0.478. The van der Waals surface area contributed by atoms with E-state index >= 15 is 0 Å². The van der Waals surface area contributed by atoms with Crippen LogP contribution in [-0.2, 0) is 4.74 Å². The molecule has 1 aliphatic heterocycles. The van der Waals surface area contributed by atoms with Gasteiger partial charge >= 0.3 is 6.09 Å². The third-order valence-electron chi connectivity index (χ3n) is 2.57. The first-order valence-electron chi connectivity index (χ1n) is 6.20. The summed E-state index contributed by atoms with van der Waals surface area (Å²) in [7, 11) is 0. The number of pyridine rings is 1. The van der Waals surface area contributed by atoms with Crippen LogP contribution in [0.4, 0.5) is 4.79 Å². The van der Waals surface area contributed by atoms with Crippen LogP contribution in [0.25, 0.3) is 0 Å². The number of ether oxygens (including phenoxy) is 2. The summed E-state index contributed by atoms with van der Waals surface area (Å²) in [6, 6.07) is 1.76. The maximum Gasteiger partial charge on any atom is 0.410 e. The summed E-state index contributed by atoms with van der Waals surface area (Å²) in [6.45, 7) is 6.55. The topological polar surface area (TPSA) is 51.7 Å². The molecule has 2 heterocycles. The van der Waals surface area contributed by atoms with Crippen LogP contribution in [0.2, 0.25) is 5.15 Å². The summed E-state index contributed by atoms with van der Waals surface area (Å²) in [6.07, 6.45) is 1.20. The summed E-state index contributed by atoms with van der Waals surface area (Å²) < 4.78 is 11.6. The Bertz CT molecular complexity index is 513. The van der Waals surface area contributed by atoms with Gasteiger partial charge in [-0.05, 0) is 42.8 Å². The molecule has 0 saturated carbocycles. The number of likely N-dealkylation sites (tertiary alicyclic amines) is 1. The molecule has 1 aliphatic rings. The highest BCUT2D eigenvalue weighted by molar-refractivity contribution is 9.10. The molecule has 5 nitrogen and oxygen atoms in total. The second kappa shape index (κ2) is 5.77. The normalized spacial score (nSPS) is 15.8. The third kappa shape index (κ3) is 3.99. The second-order valence-corrected chi connectivity index (χ2v) is 6.78. The predicted molar refractivity (Wildman–Crippen MR) is 79.2 cm³/mol. The first-order chi connectivity index (χ1) is 9.24. The number of carbonyl (C=O) groups excluding carboxylic acids is 1. The van der Waals surface area contributed by atoms with Crippen molar-refractivity contribution in [3.63, 3.8) is 0 Å². The Labute approximate surface area is 131 Å². The second-order valence-electron chi connectivity index (χ2n) is 5.57. The van der Waals surface area contributed by atoms with E-state index in [4.69, 9.17) is 21.1 Å². The van der Waals surface area contributed by atoms with Gasteiger partial charge in [0.25, 0.3) is 0 Å². The number of halogens is 2. The lowest BCUT2D eigenvalue weighted by atomic mass is 10.1. The molecule has 0 N–H and O–H groups in total. The molecule has 0 unspecified atom stereocenters. The van der Waals surface area contributed by atoms with E-state index in [9.17, 15) is 4.79 Å². The van der Waals surface area contributed by atoms with E-state index in [-0.39, 0.29) is 12.2 Å². The molecule has 110 valence electrons. The summed E-state index contributed by atoms with van der Waals surface area (Å²) in [4.78, 5) is 17.3. The smallest absolute Gasteiger partial charge is 0.410 e. The maximum atomic E-state index is 11.7. The van der Waals surface area contributed by atoms with Crippen molar-refractivity contribution in [2.75, 3.05) is 13.1 Å². The first kappa shape index (κ1) is 15.4. The molecule has 0 radical (unpaired) electrons. The SMILES string of the molecule is CC(C)(C)OC(=O)N1CC(Oc2cnc(Cl)c(Br)c2)C1. The van der Waals surface area contributed by atoms with Gasteiger partial charge in [-0.25, -0.2) is 9.78 Å². The van der Waals surface area contributed by atoms with Crippen molar-refractivity contribution in [2.45, 2.75) is 32.5 Å². The van der Waals surface area contributed by atoms with E-state index in [0.29, 0.717) is 28.5 Å². The number of hydrogen-bond acceptors (Lipinski definition) is 4. The average molecular weight is 364 g/mol. The lowest BCUT2D eigenvalue weighted by molar-refractivity contribution is -0.0222. The van der Waals surface area contributed by atoms with E-state index in [1.54, 1.807) is 17.2 Å². The zero-order valence-corrected chi connectivity index (χ0v) is 13.9. The van der Waals surface area contributed by atoms with E-state index < -0.39 is 5.60 Å².